The first kappa shape index (κ1) is 18.8. The molecule has 1 heterocycles. The molecule has 0 saturated carbocycles. The maximum atomic E-state index is 12.8. The molecule has 0 atom stereocenters. The van der Waals surface area contributed by atoms with Crippen LogP contribution in [0.25, 0.3) is 0 Å². The van der Waals surface area contributed by atoms with Crippen LogP contribution < -0.4 is 20.3 Å². The second-order valence-corrected chi connectivity index (χ2v) is 7.35. The lowest BCUT2D eigenvalue weighted by Crippen LogP contribution is -2.42. The first-order valence-electron chi connectivity index (χ1n) is 9.03. The standard InChI is InChI=1S/C21H25N3O3/c1-5-24-17-12-16(9-10-18(17)27-13-21(3,4)19(24)25)23-20(26)22-15-8-6-7-14(2)11-15/h6-12H,5,13H2,1-4H3,(H2,22,23,26). The smallest absolute Gasteiger partial charge is 0.323 e. The number of carbonyl (C=O) groups excluding carboxylic acids is 2. The van der Waals surface area contributed by atoms with Crippen LogP contribution in [0.3, 0.4) is 0 Å². The van der Waals surface area contributed by atoms with E-state index in [-0.39, 0.29) is 11.9 Å². The Kier molecular flexibility index (Phi) is 5.08. The van der Waals surface area contributed by atoms with Crippen molar-refractivity contribution >= 4 is 29.0 Å². The summed E-state index contributed by atoms with van der Waals surface area (Å²) in [4.78, 5) is 26.8. The fourth-order valence-electron chi connectivity index (χ4n) is 3.05. The van der Waals surface area contributed by atoms with Crippen LogP contribution in [0.2, 0.25) is 0 Å². The SMILES string of the molecule is CCN1C(=O)C(C)(C)COc2ccc(NC(=O)Nc3cccc(C)c3)cc21. The van der Waals surface area contributed by atoms with Crippen molar-refractivity contribution < 1.29 is 14.3 Å². The summed E-state index contributed by atoms with van der Waals surface area (Å²) in [6.07, 6.45) is 0. The average Bonchev–Trinajstić information content (AvgIpc) is 2.70. The monoisotopic (exact) mass is 367 g/mol. The van der Waals surface area contributed by atoms with Gasteiger partial charge in [-0.15, -0.1) is 0 Å². The summed E-state index contributed by atoms with van der Waals surface area (Å²) >= 11 is 0. The molecule has 0 saturated heterocycles. The topological polar surface area (TPSA) is 70.7 Å². The number of benzene rings is 2. The van der Waals surface area contributed by atoms with Crippen molar-refractivity contribution in [3.05, 3.63) is 48.0 Å². The van der Waals surface area contributed by atoms with Gasteiger partial charge in [0.2, 0.25) is 5.91 Å². The number of rotatable bonds is 3. The van der Waals surface area contributed by atoms with E-state index in [0.717, 1.165) is 11.3 Å². The van der Waals surface area contributed by atoms with E-state index in [1.54, 1.807) is 23.1 Å². The van der Waals surface area contributed by atoms with Crippen LogP contribution in [-0.2, 0) is 4.79 Å². The van der Waals surface area contributed by atoms with Crippen molar-refractivity contribution in [1.29, 1.82) is 0 Å². The van der Waals surface area contributed by atoms with Crippen LogP contribution >= 0.6 is 0 Å². The number of nitrogens with zero attached hydrogens (tertiary/aromatic N) is 1. The molecule has 0 fully saturated rings. The number of anilines is 3. The minimum absolute atomic E-state index is 0.00473. The minimum Gasteiger partial charge on any atom is -0.490 e. The number of fused-ring (bicyclic) bond motifs is 1. The fourth-order valence-corrected chi connectivity index (χ4v) is 3.05. The molecule has 0 radical (unpaired) electrons. The Bertz CT molecular complexity index is 877. The van der Waals surface area contributed by atoms with Gasteiger partial charge in [-0.1, -0.05) is 12.1 Å². The largest absolute Gasteiger partial charge is 0.490 e. The second kappa shape index (κ2) is 7.31. The van der Waals surface area contributed by atoms with E-state index in [1.807, 2.05) is 52.0 Å². The molecular formula is C21H25N3O3. The van der Waals surface area contributed by atoms with Gasteiger partial charge in [0.05, 0.1) is 11.1 Å². The van der Waals surface area contributed by atoms with Crippen LogP contribution in [-0.4, -0.2) is 25.1 Å². The molecule has 0 aliphatic carbocycles. The Morgan fingerprint density at radius 3 is 2.52 bits per heavy atom. The normalized spacial score (nSPS) is 15.4. The molecule has 6 nitrogen and oxygen atoms in total. The number of aryl methyl sites for hydroxylation is 1. The van der Waals surface area contributed by atoms with E-state index < -0.39 is 5.41 Å². The maximum Gasteiger partial charge on any atom is 0.323 e. The molecule has 3 rings (SSSR count). The predicted molar refractivity (Wildman–Crippen MR) is 108 cm³/mol. The Hall–Kier alpha value is -3.02. The van der Waals surface area contributed by atoms with E-state index in [9.17, 15) is 9.59 Å². The highest BCUT2D eigenvalue weighted by Gasteiger charge is 2.37. The molecule has 0 aromatic heterocycles. The molecule has 0 unspecified atom stereocenters. The molecule has 2 N–H and O–H groups in total. The Labute approximate surface area is 159 Å². The zero-order valence-electron chi connectivity index (χ0n) is 16.1. The molecule has 3 amide bonds. The van der Waals surface area contributed by atoms with Crippen molar-refractivity contribution in [2.24, 2.45) is 5.41 Å². The quantitative estimate of drug-likeness (QED) is 0.844. The maximum absolute atomic E-state index is 12.8. The van der Waals surface area contributed by atoms with Crippen LogP contribution in [0.15, 0.2) is 42.5 Å². The summed E-state index contributed by atoms with van der Waals surface area (Å²) < 4.78 is 5.84. The van der Waals surface area contributed by atoms with Gasteiger partial charge in [-0.3, -0.25) is 4.79 Å². The van der Waals surface area contributed by atoms with E-state index in [0.29, 0.717) is 30.3 Å². The van der Waals surface area contributed by atoms with E-state index in [1.165, 1.54) is 0 Å². The van der Waals surface area contributed by atoms with Gasteiger partial charge in [0, 0.05) is 17.9 Å². The Balaban J connectivity index is 1.81. The molecule has 2 aromatic carbocycles. The Morgan fingerprint density at radius 2 is 1.85 bits per heavy atom. The number of carbonyl (C=O) groups is 2. The van der Waals surface area contributed by atoms with Crippen LogP contribution in [0, 0.1) is 12.3 Å². The van der Waals surface area contributed by atoms with Crippen molar-refractivity contribution in [1.82, 2.24) is 0 Å². The third kappa shape index (κ3) is 4.05. The summed E-state index contributed by atoms with van der Waals surface area (Å²) in [6.45, 7) is 8.48. The van der Waals surface area contributed by atoms with E-state index >= 15 is 0 Å². The van der Waals surface area contributed by atoms with Crippen molar-refractivity contribution in [2.45, 2.75) is 27.7 Å². The summed E-state index contributed by atoms with van der Waals surface area (Å²) in [6, 6.07) is 12.6. The molecule has 6 heteroatoms. The van der Waals surface area contributed by atoms with Crippen molar-refractivity contribution in [3.8, 4) is 5.75 Å². The van der Waals surface area contributed by atoms with Gasteiger partial charge in [-0.2, -0.15) is 0 Å². The average molecular weight is 367 g/mol. The summed E-state index contributed by atoms with van der Waals surface area (Å²) in [5, 5.41) is 5.63. The highest BCUT2D eigenvalue weighted by atomic mass is 16.5. The predicted octanol–water partition coefficient (Wildman–Crippen LogP) is 4.41. The second-order valence-electron chi connectivity index (χ2n) is 7.35. The lowest BCUT2D eigenvalue weighted by atomic mass is 9.93. The van der Waals surface area contributed by atoms with Gasteiger partial charge in [0.25, 0.3) is 0 Å². The molecule has 0 spiro atoms. The van der Waals surface area contributed by atoms with Crippen molar-refractivity contribution in [3.63, 3.8) is 0 Å². The number of urea groups is 1. The molecule has 1 aliphatic rings. The molecular weight excluding hydrogens is 342 g/mol. The molecule has 2 aromatic rings. The minimum atomic E-state index is -0.606. The number of nitrogens with one attached hydrogen (secondary N) is 2. The number of hydrogen-bond acceptors (Lipinski definition) is 3. The first-order chi connectivity index (χ1) is 12.8. The lowest BCUT2D eigenvalue weighted by Gasteiger charge is -2.27. The van der Waals surface area contributed by atoms with Crippen LogP contribution in [0.5, 0.6) is 5.75 Å². The van der Waals surface area contributed by atoms with Crippen LogP contribution in [0.1, 0.15) is 26.3 Å². The van der Waals surface area contributed by atoms with E-state index in [4.69, 9.17) is 4.74 Å². The highest BCUT2D eigenvalue weighted by Crippen LogP contribution is 2.38. The molecule has 142 valence electrons. The van der Waals surface area contributed by atoms with Gasteiger partial charge < -0.3 is 20.3 Å². The van der Waals surface area contributed by atoms with E-state index in [2.05, 4.69) is 10.6 Å². The summed E-state index contributed by atoms with van der Waals surface area (Å²) in [5.41, 5.74) is 2.44. The zero-order valence-corrected chi connectivity index (χ0v) is 16.1. The molecule has 0 bridgehead atoms. The first-order valence-corrected chi connectivity index (χ1v) is 9.03. The van der Waals surface area contributed by atoms with Gasteiger partial charge in [-0.05, 0) is 63.6 Å². The van der Waals surface area contributed by atoms with Gasteiger partial charge in [0.1, 0.15) is 12.4 Å². The van der Waals surface area contributed by atoms with Gasteiger partial charge >= 0.3 is 6.03 Å². The zero-order chi connectivity index (χ0) is 19.6. The number of hydrogen-bond donors (Lipinski definition) is 2. The lowest BCUT2D eigenvalue weighted by molar-refractivity contribution is -0.127. The van der Waals surface area contributed by atoms with Crippen LogP contribution in [0.4, 0.5) is 21.9 Å². The number of ether oxygens (including phenoxy) is 1. The summed E-state index contributed by atoms with van der Waals surface area (Å²) in [7, 11) is 0. The Morgan fingerprint density at radius 1 is 1.15 bits per heavy atom. The molecule has 27 heavy (non-hydrogen) atoms. The molecule has 1 aliphatic heterocycles. The third-order valence-corrected chi connectivity index (χ3v) is 4.51. The number of amides is 3. The van der Waals surface area contributed by atoms with Gasteiger partial charge in [0.15, 0.2) is 0 Å². The van der Waals surface area contributed by atoms with Gasteiger partial charge in [-0.25, -0.2) is 4.79 Å². The summed E-state index contributed by atoms with van der Waals surface area (Å²) in [5.74, 6) is 0.644. The highest BCUT2D eigenvalue weighted by molar-refractivity contribution is 6.02. The van der Waals surface area contributed by atoms with Crippen molar-refractivity contribution in [2.75, 3.05) is 28.7 Å². The fraction of sp³-hybridized carbons (Fsp3) is 0.333. The third-order valence-electron chi connectivity index (χ3n) is 4.51.